The van der Waals surface area contributed by atoms with E-state index in [1.54, 1.807) is 12.1 Å². The van der Waals surface area contributed by atoms with Crippen LogP contribution in [0.5, 0.6) is 11.5 Å². The van der Waals surface area contributed by atoms with Crippen LogP contribution in [-0.2, 0) is 17.3 Å². The molecule has 0 heterocycles. The van der Waals surface area contributed by atoms with E-state index in [1.807, 2.05) is 26.0 Å². The number of benzene rings is 2. The fraction of sp³-hybridized carbons (Fsp3) is 0.478. The summed E-state index contributed by atoms with van der Waals surface area (Å²) in [4.78, 5) is 0. The molecule has 0 bridgehead atoms. The Balaban J connectivity index is 2.73. The average Bonchev–Trinajstić information content (AvgIpc) is 2.46. The van der Waals surface area contributed by atoms with E-state index in [-0.39, 0.29) is 10.8 Å². The topological polar surface area (TPSA) is 40.5 Å². The van der Waals surface area contributed by atoms with Gasteiger partial charge in [-0.25, -0.2) is 0 Å². The summed E-state index contributed by atoms with van der Waals surface area (Å²) in [5.74, 6) is 0.663. The quantitative estimate of drug-likeness (QED) is 0.714. The highest BCUT2D eigenvalue weighted by Crippen LogP contribution is 2.38. The van der Waals surface area contributed by atoms with Gasteiger partial charge < -0.3 is 10.2 Å². The van der Waals surface area contributed by atoms with Gasteiger partial charge in [-0.3, -0.25) is 0 Å². The zero-order valence-electron chi connectivity index (χ0n) is 16.9. The summed E-state index contributed by atoms with van der Waals surface area (Å²) >= 11 is 0. The molecule has 136 valence electrons. The van der Waals surface area contributed by atoms with Crippen LogP contribution in [0.2, 0.25) is 0 Å². The Labute approximate surface area is 152 Å². The summed E-state index contributed by atoms with van der Waals surface area (Å²) in [5.41, 5.74) is 6.63. The third-order valence-corrected chi connectivity index (χ3v) is 5.11. The van der Waals surface area contributed by atoms with Gasteiger partial charge in [0.2, 0.25) is 0 Å². The first-order chi connectivity index (χ1) is 11.3. The van der Waals surface area contributed by atoms with Crippen LogP contribution in [0.4, 0.5) is 0 Å². The smallest absolute Gasteiger partial charge is 0.118 e. The van der Waals surface area contributed by atoms with E-state index in [4.69, 9.17) is 0 Å². The van der Waals surface area contributed by atoms with Crippen LogP contribution in [0, 0.1) is 13.8 Å². The minimum atomic E-state index is -0.0135. The lowest BCUT2D eigenvalue weighted by Gasteiger charge is -2.28. The maximum absolute atomic E-state index is 10.3. The Morgan fingerprint density at radius 3 is 1.24 bits per heavy atom. The zero-order valence-corrected chi connectivity index (χ0v) is 16.9. The Kier molecular flexibility index (Phi) is 4.96. The summed E-state index contributed by atoms with van der Waals surface area (Å²) in [6.45, 7) is 17.1. The Morgan fingerprint density at radius 1 is 0.640 bits per heavy atom. The summed E-state index contributed by atoms with van der Waals surface area (Å²) in [7, 11) is 0. The predicted molar refractivity (Wildman–Crippen MR) is 106 cm³/mol. The average molecular weight is 341 g/mol. The number of rotatable bonds is 2. The van der Waals surface area contributed by atoms with Crippen LogP contribution in [0.1, 0.15) is 74.9 Å². The van der Waals surface area contributed by atoms with Crippen molar-refractivity contribution in [2.75, 3.05) is 0 Å². The van der Waals surface area contributed by atoms with E-state index in [2.05, 4.69) is 41.5 Å². The number of hydrogen-bond donors (Lipinski definition) is 2. The lowest BCUT2D eigenvalue weighted by atomic mass is 9.76. The molecule has 0 aliphatic rings. The molecule has 2 aromatic rings. The van der Waals surface area contributed by atoms with E-state index < -0.39 is 0 Å². The Bertz CT molecular complexity index is 720. The van der Waals surface area contributed by atoms with Crippen molar-refractivity contribution in [3.8, 4) is 11.5 Å². The highest BCUT2D eigenvalue weighted by Gasteiger charge is 2.25. The van der Waals surface area contributed by atoms with E-state index in [9.17, 15) is 10.2 Å². The second kappa shape index (κ2) is 6.40. The number of aromatic hydroxyl groups is 2. The zero-order chi connectivity index (χ0) is 19.2. The van der Waals surface area contributed by atoms with Gasteiger partial charge in [0.1, 0.15) is 11.5 Å². The molecule has 0 spiro atoms. The molecule has 2 nitrogen and oxygen atoms in total. The van der Waals surface area contributed by atoms with Gasteiger partial charge in [0.15, 0.2) is 0 Å². The highest BCUT2D eigenvalue weighted by molar-refractivity contribution is 5.53. The SMILES string of the molecule is Cc1c(O)ccc(C(C)(C)C)c1Cc1c(C(C)(C)C)ccc(O)c1C. The third kappa shape index (κ3) is 3.84. The highest BCUT2D eigenvalue weighted by atomic mass is 16.3. The second-order valence-electron chi connectivity index (χ2n) is 9.15. The van der Waals surface area contributed by atoms with Gasteiger partial charge >= 0.3 is 0 Å². The number of phenols is 2. The molecule has 0 atom stereocenters. The largest absolute Gasteiger partial charge is 0.508 e. The van der Waals surface area contributed by atoms with Crippen LogP contribution < -0.4 is 0 Å². The maximum atomic E-state index is 10.3. The van der Waals surface area contributed by atoms with Crippen molar-refractivity contribution in [1.82, 2.24) is 0 Å². The summed E-state index contributed by atoms with van der Waals surface area (Å²) < 4.78 is 0. The predicted octanol–water partition coefficient (Wildman–Crippen LogP) is 5.90. The van der Waals surface area contributed by atoms with Crippen molar-refractivity contribution >= 4 is 0 Å². The molecular formula is C23H32O2. The van der Waals surface area contributed by atoms with Crippen molar-refractivity contribution in [2.45, 2.75) is 72.6 Å². The molecule has 2 rings (SSSR count). The molecule has 0 fully saturated rings. The first-order valence-electron chi connectivity index (χ1n) is 8.98. The third-order valence-electron chi connectivity index (χ3n) is 5.11. The first-order valence-corrected chi connectivity index (χ1v) is 8.98. The van der Waals surface area contributed by atoms with Gasteiger partial charge in [0.25, 0.3) is 0 Å². The van der Waals surface area contributed by atoms with E-state index in [0.717, 1.165) is 22.3 Å². The normalized spacial score (nSPS) is 12.5. The standard InChI is InChI=1S/C23H32O2/c1-14-16(18(22(3,4)5)9-11-20(14)24)13-17-15(2)21(25)12-10-19(17)23(6,7)8/h9-12,24-25H,13H2,1-8H3. The monoisotopic (exact) mass is 340 g/mol. The van der Waals surface area contributed by atoms with Crippen molar-refractivity contribution in [3.05, 3.63) is 57.6 Å². The van der Waals surface area contributed by atoms with Crippen molar-refractivity contribution in [1.29, 1.82) is 0 Å². The van der Waals surface area contributed by atoms with Crippen LogP contribution in [0.3, 0.4) is 0 Å². The number of phenolic OH excluding ortho intramolecular Hbond substituents is 2. The molecule has 0 aliphatic carbocycles. The second-order valence-corrected chi connectivity index (χ2v) is 9.15. The van der Waals surface area contributed by atoms with E-state index >= 15 is 0 Å². The lowest BCUT2D eigenvalue weighted by Crippen LogP contribution is -2.19. The van der Waals surface area contributed by atoms with Crippen molar-refractivity contribution in [2.24, 2.45) is 0 Å². The molecule has 0 saturated carbocycles. The van der Waals surface area contributed by atoms with Gasteiger partial charge in [-0.2, -0.15) is 0 Å². The number of hydrogen-bond acceptors (Lipinski definition) is 2. The van der Waals surface area contributed by atoms with Crippen LogP contribution in [0.15, 0.2) is 24.3 Å². The van der Waals surface area contributed by atoms with Crippen LogP contribution in [0.25, 0.3) is 0 Å². The molecule has 0 amide bonds. The van der Waals surface area contributed by atoms with E-state index in [1.165, 1.54) is 11.1 Å². The molecule has 0 saturated heterocycles. The molecule has 0 unspecified atom stereocenters. The van der Waals surface area contributed by atoms with Crippen LogP contribution in [-0.4, -0.2) is 10.2 Å². The molecular weight excluding hydrogens is 308 g/mol. The molecule has 0 aromatic heterocycles. The molecule has 2 aromatic carbocycles. The minimum Gasteiger partial charge on any atom is -0.508 e. The Hall–Kier alpha value is -1.96. The van der Waals surface area contributed by atoms with Crippen molar-refractivity contribution in [3.63, 3.8) is 0 Å². The molecule has 2 heteroatoms. The van der Waals surface area contributed by atoms with Crippen LogP contribution >= 0.6 is 0 Å². The molecule has 0 aliphatic heterocycles. The summed E-state index contributed by atoms with van der Waals surface area (Å²) in [6, 6.07) is 7.65. The molecule has 2 N–H and O–H groups in total. The van der Waals surface area contributed by atoms with Gasteiger partial charge in [0.05, 0.1) is 0 Å². The van der Waals surface area contributed by atoms with Gasteiger partial charge in [-0.05, 0) is 76.6 Å². The molecule has 25 heavy (non-hydrogen) atoms. The fourth-order valence-electron chi connectivity index (χ4n) is 3.53. The van der Waals surface area contributed by atoms with Gasteiger partial charge in [-0.15, -0.1) is 0 Å². The first kappa shape index (κ1) is 19.4. The minimum absolute atomic E-state index is 0.0135. The van der Waals surface area contributed by atoms with Gasteiger partial charge in [0, 0.05) is 0 Å². The van der Waals surface area contributed by atoms with Gasteiger partial charge in [-0.1, -0.05) is 53.7 Å². The Morgan fingerprint density at radius 2 is 0.960 bits per heavy atom. The summed E-state index contributed by atoms with van der Waals surface area (Å²) in [6.07, 6.45) is 0.708. The van der Waals surface area contributed by atoms with Crippen molar-refractivity contribution < 1.29 is 10.2 Å². The maximum Gasteiger partial charge on any atom is 0.118 e. The van der Waals surface area contributed by atoms with E-state index in [0.29, 0.717) is 17.9 Å². The fourth-order valence-corrected chi connectivity index (χ4v) is 3.53. The molecule has 0 radical (unpaired) electrons. The summed E-state index contributed by atoms with van der Waals surface area (Å²) in [5, 5.41) is 20.5. The lowest BCUT2D eigenvalue weighted by molar-refractivity contribution is 0.467.